The summed E-state index contributed by atoms with van der Waals surface area (Å²) >= 11 is 3.48. The molecule has 0 atom stereocenters. The first-order chi connectivity index (χ1) is 8.60. The van der Waals surface area contributed by atoms with Gasteiger partial charge in [-0.25, -0.2) is 0 Å². The third-order valence-corrected chi connectivity index (χ3v) is 3.49. The lowest BCUT2D eigenvalue weighted by Gasteiger charge is -2.10. The van der Waals surface area contributed by atoms with Crippen molar-refractivity contribution in [2.45, 2.75) is 6.92 Å². The van der Waals surface area contributed by atoms with E-state index in [1.165, 1.54) is 5.56 Å². The molecule has 0 heterocycles. The Kier molecular flexibility index (Phi) is 3.54. The summed E-state index contributed by atoms with van der Waals surface area (Å²) in [5.41, 5.74) is 9.91. The number of aryl methyl sites for hydroxylation is 1. The van der Waals surface area contributed by atoms with Crippen molar-refractivity contribution in [3.05, 3.63) is 52.0 Å². The first-order valence-corrected chi connectivity index (χ1v) is 6.22. The van der Waals surface area contributed by atoms with E-state index in [0.717, 1.165) is 15.8 Å². The predicted octanol–water partition coefficient (Wildman–Crippen LogP) is 3.96. The summed E-state index contributed by atoms with van der Waals surface area (Å²) in [6, 6.07) is 13.2. The summed E-state index contributed by atoms with van der Waals surface area (Å²) in [7, 11) is 0. The van der Waals surface area contributed by atoms with E-state index in [4.69, 9.17) is 11.0 Å². The molecule has 0 unspecified atom stereocenters. The smallest absolute Gasteiger partial charge is 0.0992 e. The van der Waals surface area contributed by atoms with Crippen molar-refractivity contribution in [2.75, 3.05) is 11.1 Å². The molecular weight excluding hydrogens is 290 g/mol. The zero-order valence-corrected chi connectivity index (χ0v) is 11.5. The summed E-state index contributed by atoms with van der Waals surface area (Å²) in [5, 5.41) is 12.1. The number of nitrogens with one attached hydrogen (secondary N) is 1. The quantitative estimate of drug-likeness (QED) is 0.826. The highest BCUT2D eigenvalue weighted by Crippen LogP contribution is 2.27. The standard InChI is InChI=1S/C14H12BrN3/c1-9-2-4-11(7-12(9)15)18-14-6-10(8-16)3-5-13(14)17/h2-7,18H,17H2,1H3. The molecule has 0 aromatic heterocycles. The fraction of sp³-hybridized carbons (Fsp3) is 0.0714. The Hall–Kier alpha value is -1.99. The Morgan fingerprint density at radius 2 is 2.00 bits per heavy atom. The van der Waals surface area contributed by atoms with Crippen LogP contribution in [0.2, 0.25) is 0 Å². The number of benzene rings is 2. The SMILES string of the molecule is Cc1ccc(Nc2cc(C#N)ccc2N)cc1Br. The molecule has 4 heteroatoms. The van der Waals surface area contributed by atoms with Gasteiger partial charge in [0.05, 0.1) is 23.0 Å². The van der Waals surface area contributed by atoms with Gasteiger partial charge < -0.3 is 11.1 Å². The van der Waals surface area contributed by atoms with E-state index >= 15 is 0 Å². The van der Waals surface area contributed by atoms with Gasteiger partial charge in [-0.3, -0.25) is 0 Å². The van der Waals surface area contributed by atoms with Crippen molar-refractivity contribution in [1.29, 1.82) is 5.26 Å². The highest BCUT2D eigenvalue weighted by molar-refractivity contribution is 9.10. The molecule has 0 aliphatic rings. The first-order valence-electron chi connectivity index (χ1n) is 5.43. The fourth-order valence-corrected chi connectivity index (χ4v) is 1.94. The van der Waals surface area contributed by atoms with Crippen molar-refractivity contribution in [2.24, 2.45) is 0 Å². The average molecular weight is 302 g/mol. The predicted molar refractivity (Wildman–Crippen MR) is 77.7 cm³/mol. The molecule has 2 aromatic carbocycles. The second-order valence-corrected chi connectivity index (χ2v) is 4.86. The molecule has 0 radical (unpaired) electrons. The van der Waals surface area contributed by atoms with Crippen LogP contribution in [0, 0.1) is 18.3 Å². The minimum absolute atomic E-state index is 0.581. The lowest BCUT2D eigenvalue weighted by Crippen LogP contribution is -1.97. The summed E-state index contributed by atoms with van der Waals surface area (Å²) in [6.07, 6.45) is 0. The molecule has 90 valence electrons. The Morgan fingerprint density at radius 1 is 1.22 bits per heavy atom. The number of nitrogens with two attached hydrogens (primary N) is 1. The molecule has 3 nitrogen and oxygen atoms in total. The highest BCUT2D eigenvalue weighted by atomic mass is 79.9. The van der Waals surface area contributed by atoms with E-state index in [1.807, 2.05) is 25.1 Å². The molecule has 0 aliphatic carbocycles. The summed E-state index contributed by atoms with van der Waals surface area (Å²) in [6.45, 7) is 2.03. The Balaban J connectivity index is 2.33. The summed E-state index contributed by atoms with van der Waals surface area (Å²) < 4.78 is 1.03. The summed E-state index contributed by atoms with van der Waals surface area (Å²) in [4.78, 5) is 0. The Labute approximate surface area is 114 Å². The second kappa shape index (κ2) is 5.11. The minimum atomic E-state index is 0.581. The van der Waals surface area contributed by atoms with Crippen molar-refractivity contribution in [1.82, 2.24) is 0 Å². The van der Waals surface area contributed by atoms with Gasteiger partial charge in [0.15, 0.2) is 0 Å². The third kappa shape index (κ3) is 2.63. The van der Waals surface area contributed by atoms with E-state index in [9.17, 15) is 0 Å². The van der Waals surface area contributed by atoms with Crippen LogP contribution in [0.15, 0.2) is 40.9 Å². The van der Waals surface area contributed by atoms with E-state index in [0.29, 0.717) is 11.3 Å². The van der Waals surface area contributed by atoms with Crippen LogP contribution in [0.5, 0.6) is 0 Å². The van der Waals surface area contributed by atoms with Crippen LogP contribution in [0.3, 0.4) is 0 Å². The van der Waals surface area contributed by atoms with Crippen molar-refractivity contribution in [3.63, 3.8) is 0 Å². The molecule has 0 fully saturated rings. The Bertz CT molecular complexity index is 629. The normalized spacial score (nSPS) is 9.83. The lowest BCUT2D eigenvalue weighted by molar-refractivity contribution is 1.41. The number of nitriles is 1. The van der Waals surface area contributed by atoms with E-state index in [1.54, 1.807) is 18.2 Å². The molecule has 2 rings (SSSR count). The number of anilines is 3. The van der Waals surface area contributed by atoms with Crippen molar-refractivity contribution < 1.29 is 0 Å². The molecule has 18 heavy (non-hydrogen) atoms. The number of rotatable bonds is 2. The van der Waals surface area contributed by atoms with Crippen molar-refractivity contribution >= 4 is 33.0 Å². The van der Waals surface area contributed by atoms with Gasteiger partial charge in [-0.15, -0.1) is 0 Å². The summed E-state index contributed by atoms with van der Waals surface area (Å²) in [5.74, 6) is 0. The van der Waals surface area contributed by atoms with Crippen LogP contribution < -0.4 is 11.1 Å². The van der Waals surface area contributed by atoms with Gasteiger partial charge in [0.1, 0.15) is 0 Å². The molecule has 0 spiro atoms. The zero-order valence-electron chi connectivity index (χ0n) is 9.87. The van der Waals surface area contributed by atoms with Crippen LogP contribution in [0.4, 0.5) is 17.1 Å². The number of nitrogens with zero attached hydrogens (tertiary/aromatic N) is 1. The van der Waals surface area contributed by atoms with Crippen LogP contribution in [0.1, 0.15) is 11.1 Å². The molecule has 2 aromatic rings. The van der Waals surface area contributed by atoms with Gasteiger partial charge >= 0.3 is 0 Å². The molecule has 0 aliphatic heterocycles. The number of hydrogen-bond acceptors (Lipinski definition) is 3. The molecule has 0 bridgehead atoms. The van der Waals surface area contributed by atoms with E-state index in [-0.39, 0.29) is 0 Å². The topological polar surface area (TPSA) is 61.8 Å². The molecule has 0 saturated carbocycles. The number of halogens is 1. The maximum atomic E-state index is 8.87. The minimum Gasteiger partial charge on any atom is -0.397 e. The largest absolute Gasteiger partial charge is 0.397 e. The van der Waals surface area contributed by atoms with Gasteiger partial charge in [0.2, 0.25) is 0 Å². The molecular formula is C14H12BrN3. The monoisotopic (exact) mass is 301 g/mol. The van der Waals surface area contributed by atoms with Crippen LogP contribution in [-0.2, 0) is 0 Å². The maximum absolute atomic E-state index is 8.87. The third-order valence-electron chi connectivity index (χ3n) is 2.63. The Morgan fingerprint density at radius 3 is 2.67 bits per heavy atom. The van der Waals surface area contributed by atoms with Gasteiger partial charge in [-0.2, -0.15) is 5.26 Å². The molecule has 3 N–H and O–H groups in total. The van der Waals surface area contributed by atoms with Gasteiger partial charge in [0, 0.05) is 10.2 Å². The van der Waals surface area contributed by atoms with Gasteiger partial charge in [-0.1, -0.05) is 22.0 Å². The number of hydrogen-bond donors (Lipinski definition) is 2. The van der Waals surface area contributed by atoms with E-state index in [2.05, 4.69) is 27.3 Å². The van der Waals surface area contributed by atoms with Crippen LogP contribution >= 0.6 is 15.9 Å². The highest BCUT2D eigenvalue weighted by Gasteiger charge is 2.03. The van der Waals surface area contributed by atoms with Gasteiger partial charge in [0.25, 0.3) is 0 Å². The molecule has 0 amide bonds. The second-order valence-electron chi connectivity index (χ2n) is 4.00. The zero-order chi connectivity index (χ0) is 13.1. The maximum Gasteiger partial charge on any atom is 0.0992 e. The van der Waals surface area contributed by atoms with Crippen LogP contribution in [0.25, 0.3) is 0 Å². The average Bonchev–Trinajstić information content (AvgIpc) is 2.36. The fourth-order valence-electron chi connectivity index (χ4n) is 1.56. The molecule has 0 saturated heterocycles. The lowest BCUT2D eigenvalue weighted by atomic mass is 10.1. The van der Waals surface area contributed by atoms with Crippen molar-refractivity contribution in [3.8, 4) is 6.07 Å². The van der Waals surface area contributed by atoms with Crippen LogP contribution in [-0.4, -0.2) is 0 Å². The van der Waals surface area contributed by atoms with E-state index < -0.39 is 0 Å². The number of nitrogen functional groups attached to an aromatic ring is 1. The van der Waals surface area contributed by atoms with Gasteiger partial charge in [-0.05, 0) is 42.8 Å². The first kappa shape index (κ1) is 12.5.